The number of amides is 1. The summed E-state index contributed by atoms with van der Waals surface area (Å²) in [6.07, 6.45) is 0. The van der Waals surface area contributed by atoms with Gasteiger partial charge in [-0.25, -0.2) is 4.39 Å². The highest BCUT2D eigenvalue weighted by atomic mass is 19.1. The number of likely N-dealkylation sites (N-methyl/N-ethyl adjacent to an activating group) is 1. The number of hydrogen-bond donors (Lipinski definition) is 2. The molecule has 0 saturated heterocycles. The average Bonchev–Trinajstić information content (AvgIpc) is 2.49. The maximum absolute atomic E-state index is 13.3. The summed E-state index contributed by atoms with van der Waals surface area (Å²) in [5.41, 5.74) is 5.09. The van der Waals surface area contributed by atoms with Crippen LogP contribution in [0, 0.1) is 26.6 Å². The highest BCUT2D eigenvalue weighted by molar-refractivity contribution is 5.95. The monoisotopic (exact) mass is 329 g/mol. The van der Waals surface area contributed by atoms with E-state index in [0.717, 1.165) is 27.3 Å². The van der Waals surface area contributed by atoms with E-state index >= 15 is 0 Å². The standard InChI is InChI=1S/C20H25FN2O/c1-13-9-14(2)19(15(3)10-13)22-20(24)16(4)23(5)12-17-7-6-8-18(21)11-17/h6-11,16H,12H2,1-5H3,(H,22,24)/p+1/t16-/m1/s1. The maximum Gasteiger partial charge on any atom is 0.282 e. The van der Waals surface area contributed by atoms with Crippen molar-refractivity contribution in [1.29, 1.82) is 0 Å². The topological polar surface area (TPSA) is 33.5 Å². The van der Waals surface area contributed by atoms with Gasteiger partial charge in [-0.3, -0.25) is 4.79 Å². The fourth-order valence-electron chi connectivity index (χ4n) is 2.95. The molecule has 2 atom stereocenters. The van der Waals surface area contributed by atoms with Crippen molar-refractivity contribution in [3.8, 4) is 0 Å². The minimum Gasteiger partial charge on any atom is -0.324 e. The summed E-state index contributed by atoms with van der Waals surface area (Å²) in [6, 6.07) is 10.4. The Morgan fingerprint density at radius 3 is 2.38 bits per heavy atom. The Balaban J connectivity index is 2.06. The molecule has 2 aromatic rings. The fourth-order valence-corrected chi connectivity index (χ4v) is 2.95. The minimum atomic E-state index is -0.247. The van der Waals surface area contributed by atoms with Crippen LogP contribution in [-0.2, 0) is 11.3 Å². The first-order valence-corrected chi connectivity index (χ1v) is 8.23. The number of nitrogens with one attached hydrogen (secondary N) is 2. The molecule has 0 aliphatic heterocycles. The van der Waals surface area contributed by atoms with E-state index in [-0.39, 0.29) is 17.8 Å². The van der Waals surface area contributed by atoms with Crippen LogP contribution >= 0.6 is 0 Å². The molecule has 24 heavy (non-hydrogen) atoms. The van der Waals surface area contributed by atoms with Gasteiger partial charge >= 0.3 is 0 Å². The lowest BCUT2D eigenvalue weighted by molar-refractivity contribution is -0.907. The van der Waals surface area contributed by atoms with Gasteiger partial charge in [0.05, 0.1) is 7.05 Å². The summed E-state index contributed by atoms with van der Waals surface area (Å²) in [5.74, 6) is -0.276. The zero-order valence-electron chi connectivity index (χ0n) is 15.0. The highest BCUT2D eigenvalue weighted by Gasteiger charge is 2.23. The van der Waals surface area contributed by atoms with Crippen LogP contribution in [0.15, 0.2) is 36.4 Å². The molecule has 2 rings (SSSR count). The van der Waals surface area contributed by atoms with E-state index in [0.29, 0.717) is 6.54 Å². The number of quaternary nitrogens is 1. The molecule has 0 fully saturated rings. The first-order valence-electron chi connectivity index (χ1n) is 8.23. The van der Waals surface area contributed by atoms with Gasteiger partial charge in [-0.2, -0.15) is 0 Å². The average molecular weight is 329 g/mol. The van der Waals surface area contributed by atoms with E-state index in [4.69, 9.17) is 0 Å². The third kappa shape index (κ3) is 4.42. The van der Waals surface area contributed by atoms with Gasteiger partial charge in [-0.05, 0) is 51.0 Å². The van der Waals surface area contributed by atoms with Crippen molar-refractivity contribution in [2.45, 2.75) is 40.3 Å². The summed E-state index contributed by atoms with van der Waals surface area (Å²) in [5, 5.41) is 3.05. The molecule has 4 heteroatoms. The molecule has 128 valence electrons. The van der Waals surface area contributed by atoms with Crippen molar-refractivity contribution >= 4 is 11.6 Å². The van der Waals surface area contributed by atoms with Crippen LogP contribution in [0.1, 0.15) is 29.2 Å². The normalized spacial score (nSPS) is 13.4. The Kier molecular flexibility index (Phi) is 5.73. The Morgan fingerprint density at radius 1 is 1.17 bits per heavy atom. The van der Waals surface area contributed by atoms with Crippen LogP contribution in [0.5, 0.6) is 0 Å². The quantitative estimate of drug-likeness (QED) is 0.869. The molecule has 0 aromatic heterocycles. The first kappa shape index (κ1) is 18.1. The van der Waals surface area contributed by atoms with Gasteiger partial charge in [-0.1, -0.05) is 29.8 Å². The van der Waals surface area contributed by atoms with E-state index in [9.17, 15) is 9.18 Å². The zero-order valence-corrected chi connectivity index (χ0v) is 15.0. The molecule has 0 aliphatic carbocycles. The van der Waals surface area contributed by atoms with Crippen molar-refractivity contribution < 1.29 is 14.1 Å². The number of hydrogen-bond acceptors (Lipinski definition) is 1. The number of anilines is 1. The third-order valence-electron chi connectivity index (χ3n) is 4.43. The third-order valence-corrected chi connectivity index (χ3v) is 4.43. The lowest BCUT2D eigenvalue weighted by atomic mass is 10.0. The fraction of sp³-hybridized carbons (Fsp3) is 0.350. The molecule has 0 spiro atoms. The molecule has 0 aliphatic rings. The first-order chi connectivity index (χ1) is 11.3. The summed E-state index contributed by atoms with van der Waals surface area (Å²) >= 11 is 0. The Hall–Kier alpha value is -2.20. The molecular weight excluding hydrogens is 303 g/mol. The molecule has 0 heterocycles. The molecule has 2 N–H and O–H groups in total. The van der Waals surface area contributed by atoms with Crippen LogP contribution in [0.3, 0.4) is 0 Å². The van der Waals surface area contributed by atoms with Crippen LogP contribution < -0.4 is 10.2 Å². The Labute approximate surface area is 143 Å². The van der Waals surface area contributed by atoms with E-state index in [1.807, 2.05) is 40.8 Å². The summed E-state index contributed by atoms with van der Waals surface area (Å²) in [4.78, 5) is 13.6. The SMILES string of the molecule is Cc1cc(C)c(NC(=O)[C@@H](C)[NH+](C)Cc2cccc(F)c2)c(C)c1. The molecule has 1 amide bonds. The predicted molar refractivity (Wildman–Crippen MR) is 95.7 cm³/mol. The lowest BCUT2D eigenvalue weighted by Gasteiger charge is -2.22. The van der Waals surface area contributed by atoms with Crippen LogP contribution in [0.4, 0.5) is 10.1 Å². The van der Waals surface area contributed by atoms with Crippen molar-refractivity contribution in [2.24, 2.45) is 0 Å². The van der Waals surface area contributed by atoms with Crippen LogP contribution in [0.25, 0.3) is 0 Å². The highest BCUT2D eigenvalue weighted by Crippen LogP contribution is 2.21. The maximum atomic E-state index is 13.3. The number of carbonyl (C=O) groups is 1. The summed E-state index contributed by atoms with van der Waals surface area (Å²) in [6.45, 7) is 8.54. The molecule has 0 saturated carbocycles. The van der Waals surface area contributed by atoms with Crippen molar-refractivity contribution in [3.63, 3.8) is 0 Å². The van der Waals surface area contributed by atoms with Crippen molar-refractivity contribution in [2.75, 3.05) is 12.4 Å². The molecule has 0 bridgehead atoms. The van der Waals surface area contributed by atoms with E-state index < -0.39 is 0 Å². The van der Waals surface area contributed by atoms with Gasteiger partial charge in [0.25, 0.3) is 5.91 Å². The summed E-state index contributed by atoms with van der Waals surface area (Å²) < 4.78 is 13.3. The van der Waals surface area contributed by atoms with Crippen LogP contribution in [-0.4, -0.2) is 19.0 Å². The summed E-state index contributed by atoms with van der Waals surface area (Å²) in [7, 11) is 1.95. The number of halogens is 1. The number of rotatable bonds is 5. The van der Waals surface area contributed by atoms with Gasteiger partial charge in [0, 0.05) is 11.3 Å². The molecule has 2 aromatic carbocycles. The predicted octanol–water partition coefficient (Wildman–Crippen LogP) is 2.79. The second-order valence-corrected chi connectivity index (χ2v) is 6.64. The lowest BCUT2D eigenvalue weighted by Crippen LogP contribution is -3.12. The van der Waals surface area contributed by atoms with Gasteiger partial charge in [0.1, 0.15) is 12.4 Å². The largest absolute Gasteiger partial charge is 0.324 e. The van der Waals surface area contributed by atoms with E-state index in [2.05, 4.69) is 17.4 Å². The Morgan fingerprint density at radius 2 is 1.79 bits per heavy atom. The van der Waals surface area contributed by atoms with Gasteiger partial charge in [-0.15, -0.1) is 0 Å². The second-order valence-electron chi connectivity index (χ2n) is 6.64. The smallest absolute Gasteiger partial charge is 0.282 e. The molecule has 0 radical (unpaired) electrons. The van der Waals surface area contributed by atoms with E-state index in [1.165, 1.54) is 17.7 Å². The zero-order chi connectivity index (χ0) is 17.9. The van der Waals surface area contributed by atoms with Gasteiger partial charge < -0.3 is 10.2 Å². The molecule has 1 unspecified atom stereocenters. The molecule has 3 nitrogen and oxygen atoms in total. The van der Waals surface area contributed by atoms with Crippen LogP contribution in [0.2, 0.25) is 0 Å². The number of carbonyl (C=O) groups excluding carboxylic acids is 1. The number of aryl methyl sites for hydroxylation is 3. The van der Waals surface area contributed by atoms with E-state index in [1.54, 1.807) is 6.07 Å². The van der Waals surface area contributed by atoms with Gasteiger partial charge in [0.15, 0.2) is 6.04 Å². The minimum absolute atomic E-state index is 0.0287. The van der Waals surface area contributed by atoms with Crippen molar-refractivity contribution in [1.82, 2.24) is 0 Å². The number of benzene rings is 2. The van der Waals surface area contributed by atoms with Gasteiger partial charge in [0.2, 0.25) is 0 Å². The Bertz CT molecular complexity index is 719. The van der Waals surface area contributed by atoms with Crippen molar-refractivity contribution in [3.05, 3.63) is 64.5 Å². The second kappa shape index (κ2) is 7.58. The molecular formula is C20H26FN2O+.